The highest BCUT2D eigenvalue weighted by molar-refractivity contribution is 14.1. The molecule has 1 aliphatic heterocycles. The first-order chi connectivity index (χ1) is 13.9. The van der Waals surface area contributed by atoms with Crippen molar-refractivity contribution in [2.24, 2.45) is 10.7 Å². The molecule has 1 amide bonds. The molecule has 3 rings (SSSR count). The zero-order valence-electron chi connectivity index (χ0n) is 15.3. The second kappa shape index (κ2) is 9.27. The maximum Gasteiger partial charge on any atom is 0.286 e. The zero-order valence-corrected chi connectivity index (χ0v) is 18.2. The lowest BCUT2D eigenvalue weighted by molar-refractivity contribution is -0.384. The lowest BCUT2D eigenvalue weighted by atomic mass is 10.1. The number of amidine groups is 1. The number of hydrogen-bond donors (Lipinski definition) is 1. The van der Waals surface area contributed by atoms with E-state index in [0.29, 0.717) is 28.6 Å². The van der Waals surface area contributed by atoms with Crippen molar-refractivity contribution in [2.45, 2.75) is 13.5 Å². The zero-order chi connectivity index (χ0) is 21.0. The Bertz CT molecular complexity index is 1040. The van der Waals surface area contributed by atoms with Gasteiger partial charge in [-0.1, -0.05) is 12.1 Å². The molecule has 0 saturated heterocycles. The van der Waals surface area contributed by atoms with Crippen LogP contribution in [0.1, 0.15) is 18.1 Å². The van der Waals surface area contributed by atoms with Crippen LogP contribution in [0.2, 0.25) is 0 Å². The lowest BCUT2D eigenvalue weighted by Crippen LogP contribution is -2.02. The Morgan fingerprint density at radius 3 is 2.76 bits per heavy atom. The van der Waals surface area contributed by atoms with E-state index in [2.05, 4.69) is 27.6 Å². The molecule has 8 nitrogen and oxygen atoms in total. The molecule has 0 aromatic heterocycles. The highest BCUT2D eigenvalue weighted by atomic mass is 127. The predicted octanol–water partition coefficient (Wildman–Crippen LogP) is 4.11. The second-order valence-electron chi connectivity index (χ2n) is 5.84. The summed E-state index contributed by atoms with van der Waals surface area (Å²) in [5.41, 5.74) is 7.02. The topological polar surface area (TPSA) is 117 Å². The van der Waals surface area contributed by atoms with Crippen LogP contribution in [-0.4, -0.2) is 22.6 Å². The summed E-state index contributed by atoms with van der Waals surface area (Å²) in [5.74, 6) is 0.676. The van der Waals surface area contributed by atoms with E-state index in [1.165, 1.54) is 12.1 Å². The lowest BCUT2D eigenvalue weighted by Gasteiger charge is -2.15. The molecule has 1 aliphatic rings. The fourth-order valence-electron chi connectivity index (χ4n) is 2.57. The number of aliphatic imine (C=N–C) groups is 1. The van der Waals surface area contributed by atoms with Gasteiger partial charge < -0.3 is 15.2 Å². The number of halogens is 1. The number of thioether (sulfide) groups is 1. The number of carbonyl (C=O) groups excluding carboxylic acids is 1. The largest absolute Gasteiger partial charge is 0.490 e. The van der Waals surface area contributed by atoms with Gasteiger partial charge in [0.15, 0.2) is 16.7 Å². The molecule has 0 fully saturated rings. The highest BCUT2D eigenvalue weighted by Gasteiger charge is 2.20. The van der Waals surface area contributed by atoms with Gasteiger partial charge in [0, 0.05) is 12.1 Å². The fraction of sp³-hybridized carbons (Fsp3) is 0.158. The summed E-state index contributed by atoms with van der Waals surface area (Å²) in [6.45, 7) is 2.43. The first kappa shape index (κ1) is 21.1. The van der Waals surface area contributed by atoms with Crippen molar-refractivity contribution < 1.29 is 19.2 Å². The smallest absolute Gasteiger partial charge is 0.286 e. The summed E-state index contributed by atoms with van der Waals surface area (Å²) >= 11 is 3.24. The average Bonchev–Trinajstić information content (AvgIpc) is 2.98. The van der Waals surface area contributed by atoms with Crippen LogP contribution in [0, 0.1) is 13.7 Å². The van der Waals surface area contributed by atoms with Crippen molar-refractivity contribution in [3.63, 3.8) is 0 Å². The average molecular weight is 525 g/mol. The van der Waals surface area contributed by atoms with Crippen molar-refractivity contribution >= 4 is 57.2 Å². The summed E-state index contributed by atoms with van der Waals surface area (Å²) in [4.78, 5) is 26.4. The van der Waals surface area contributed by atoms with Gasteiger partial charge in [0.2, 0.25) is 0 Å². The molecular formula is C19H16IN3O5S. The quantitative estimate of drug-likeness (QED) is 0.250. The molecule has 2 aromatic rings. The van der Waals surface area contributed by atoms with Gasteiger partial charge >= 0.3 is 0 Å². The minimum Gasteiger partial charge on any atom is -0.490 e. The van der Waals surface area contributed by atoms with Gasteiger partial charge in [-0.25, -0.2) is 0 Å². The molecular weight excluding hydrogens is 509 g/mol. The summed E-state index contributed by atoms with van der Waals surface area (Å²) in [6.07, 6.45) is 1.70. The van der Waals surface area contributed by atoms with Crippen LogP contribution in [0.5, 0.6) is 11.5 Å². The number of ether oxygens (including phenoxy) is 2. The molecule has 2 aromatic carbocycles. The number of benzene rings is 2. The van der Waals surface area contributed by atoms with E-state index < -0.39 is 4.92 Å². The first-order valence-corrected chi connectivity index (χ1v) is 10.4. The van der Waals surface area contributed by atoms with Crippen LogP contribution in [0.25, 0.3) is 6.08 Å². The molecule has 0 spiro atoms. The Morgan fingerprint density at radius 1 is 1.31 bits per heavy atom. The van der Waals surface area contributed by atoms with Gasteiger partial charge in [0.1, 0.15) is 6.61 Å². The molecule has 0 aliphatic carbocycles. The third-order valence-corrected chi connectivity index (χ3v) is 5.39. The van der Waals surface area contributed by atoms with Crippen LogP contribution >= 0.6 is 34.4 Å². The normalized spacial score (nSPS) is 14.8. The highest BCUT2D eigenvalue weighted by Crippen LogP contribution is 2.37. The molecule has 2 N–H and O–H groups in total. The maximum absolute atomic E-state index is 11.8. The Hall–Kier alpha value is -2.60. The van der Waals surface area contributed by atoms with Gasteiger partial charge in [0.25, 0.3) is 11.6 Å². The number of non-ortho nitro benzene ring substituents is 1. The Balaban J connectivity index is 1.85. The third kappa shape index (κ3) is 5.26. The summed E-state index contributed by atoms with van der Waals surface area (Å²) < 4.78 is 12.4. The van der Waals surface area contributed by atoms with Crippen LogP contribution in [-0.2, 0) is 11.4 Å². The Labute approximate surface area is 184 Å². The van der Waals surface area contributed by atoms with Crippen LogP contribution in [0.4, 0.5) is 5.69 Å². The number of amides is 1. The van der Waals surface area contributed by atoms with Crippen molar-refractivity contribution in [3.05, 3.63) is 66.1 Å². The Kier molecular flexibility index (Phi) is 6.75. The number of nitrogens with zero attached hydrogens (tertiary/aromatic N) is 2. The molecule has 150 valence electrons. The SMILES string of the molecule is CCOc1cc(C=C2SC(N)=NC2=O)cc(I)c1OCc1cccc([N+](=O)[O-])c1. The fourth-order valence-corrected chi connectivity index (χ4v) is 4.03. The van der Waals surface area contributed by atoms with E-state index in [-0.39, 0.29) is 23.4 Å². The van der Waals surface area contributed by atoms with Crippen LogP contribution in [0.3, 0.4) is 0 Å². The van der Waals surface area contributed by atoms with Gasteiger partial charge in [-0.2, -0.15) is 4.99 Å². The number of carbonyl (C=O) groups is 1. The minimum absolute atomic E-state index is 0.00743. The van der Waals surface area contributed by atoms with E-state index in [4.69, 9.17) is 15.2 Å². The van der Waals surface area contributed by atoms with Gasteiger partial charge in [-0.05, 0) is 70.6 Å². The standard InChI is InChI=1S/C19H16IN3O5S/c1-2-27-15-8-12(9-16-18(24)22-19(21)29-16)7-14(20)17(15)28-10-11-4-3-5-13(6-11)23(25)26/h3-9H,2,10H2,1H3,(H2,21,22,24). The number of hydrogen-bond acceptors (Lipinski definition) is 7. The van der Waals surface area contributed by atoms with E-state index in [1.54, 1.807) is 24.3 Å². The summed E-state index contributed by atoms with van der Waals surface area (Å²) in [6, 6.07) is 9.89. The number of rotatable bonds is 7. The molecule has 0 bridgehead atoms. The number of nitrogens with two attached hydrogens (primary N) is 1. The molecule has 0 unspecified atom stereocenters. The minimum atomic E-state index is -0.444. The molecule has 0 radical (unpaired) electrons. The second-order valence-corrected chi connectivity index (χ2v) is 8.07. The van der Waals surface area contributed by atoms with Crippen molar-refractivity contribution in [1.82, 2.24) is 0 Å². The number of nitro benzene ring substituents is 1. The van der Waals surface area contributed by atoms with Crippen molar-refractivity contribution in [2.75, 3.05) is 6.61 Å². The van der Waals surface area contributed by atoms with Crippen LogP contribution < -0.4 is 15.2 Å². The molecule has 0 atom stereocenters. The molecule has 29 heavy (non-hydrogen) atoms. The van der Waals surface area contributed by atoms with Gasteiger partial charge in [0.05, 0.1) is 20.0 Å². The molecule has 0 saturated carbocycles. The van der Waals surface area contributed by atoms with Crippen molar-refractivity contribution in [3.8, 4) is 11.5 Å². The van der Waals surface area contributed by atoms with Crippen LogP contribution in [0.15, 0.2) is 46.3 Å². The number of nitro groups is 1. The monoisotopic (exact) mass is 525 g/mol. The summed E-state index contributed by atoms with van der Waals surface area (Å²) in [7, 11) is 0. The van der Waals surface area contributed by atoms with E-state index in [1.807, 2.05) is 13.0 Å². The van der Waals surface area contributed by atoms with Gasteiger partial charge in [-0.15, -0.1) is 0 Å². The first-order valence-electron chi connectivity index (χ1n) is 8.48. The molecule has 1 heterocycles. The van der Waals surface area contributed by atoms with E-state index in [9.17, 15) is 14.9 Å². The summed E-state index contributed by atoms with van der Waals surface area (Å²) in [5, 5.41) is 11.2. The maximum atomic E-state index is 11.8. The van der Waals surface area contributed by atoms with Crippen molar-refractivity contribution in [1.29, 1.82) is 0 Å². The van der Waals surface area contributed by atoms with E-state index in [0.717, 1.165) is 20.9 Å². The third-order valence-electron chi connectivity index (χ3n) is 3.77. The van der Waals surface area contributed by atoms with E-state index >= 15 is 0 Å². The molecule has 10 heteroatoms. The van der Waals surface area contributed by atoms with Gasteiger partial charge in [-0.3, -0.25) is 14.9 Å². The Morgan fingerprint density at radius 2 is 2.10 bits per heavy atom. The predicted molar refractivity (Wildman–Crippen MR) is 120 cm³/mol.